The highest BCUT2D eigenvalue weighted by Crippen LogP contribution is 2.55. The molecule has 2 bridgehead atoms. The summed E-state index contributed by atoms with van der Waals surface area (Å²) in [5.41, 5.74) is -0.556. The van der Waals surface area contributed by atoms with Crippen LogP contribution in [0.2, 0.25) is 5.02 Å². The Kier molecular flexibility index (Phi) is 6.30. The van der Waals surface area contributed by atoms with E-state index in [2.05, 4.69) is 10.6 Å². The first kappa shape index (κ1) is 23.9. The van der Waals surface area contributed by atoms with Gasteiger partial charge in [0.05, 0.1) is 24.0 Å². The van der Waals surface area contributed by atoms with Crippen molar-refractivity contribution >= 4 is 35.0 Å². The molecule has 1 saturated carbocycles. The third-order valence-corrected chi connectivity index (χ3v) is 8.66. The SMILES string of the molecule is O=C(Nc1ccc(Cl)cc1)[C@H]1[C@H]2C=C[C@@]3(O2)[C@H]1C(=O)N(C[C@@H]1CCCO1)[C@@H]3C(=O)NC1CCCCC1. The number of benzene rings is 1. The fourth-order valence-corrected chi connectivity index (χ4v) is 6.88. The summed E-state index contributed by atoms with van der Waals surface area (Å²) in [6, 6.07) is 6.13. The lowest BCUT2D eigenvalue weighted by Gasteiger charge is -2.34. The topological polar surface area (TPSA) is 97.0 Å². The number of likely N-dealkylation sites (tertiary alicyclic amines) is 1. The highest BCUT2D eigenvalue weighted by atomic mass is 35.5. The normalized spacial score (nSPS) is 35.3. The second-order valence-electron chi connectivity index (χ2n) is 10.7. The van der Waals surface area contributed by atoms with Crippen LogP contribution in [0.3, 0.4) is 0 Å². The molecule has 0 aromatic heterocycles. The average Bonchev–Trinajstić information content (AvgIpc) is 3.64. The Morgan fingerprint density at radius 3 is 2.56 bits per heavy atom. The predicted octanol–water partition coefficient (Wildman–Crippen LogP) is 3.06. The highest BCUT2D eigenvalue weighted by Gasteiger charge is 2.73. The minimum atomic E-state index is -1.15. The molecule has 1 aromatic carbocycles. The first-order valence-electron chi connectivity index (χ1n) is 13.1. The van der Waals surface area contributed by atoms with Crippen LogP contribution in [0.5, 0.6) is 0 Å². The third-order valence-electron chi connectivity index (χ3n) is 8.41. The fourth-order valence-electron chi connectivity index (χ4n) is 6.76. The Morgan fingerprint density at radius 1 is 1.06 bits per heavy atom. The van der Waals surface area contributed by atoms with Crippen molar-refractivity contribution < 1.29 is 23.9 Å². The predicted molar refractivity (Wildman–Crippen MR) is 133 cm³/mol. The lowest BCUT2D eigenvalue weighted by Crippen LogP contribution is -2.57. The number of carbonyl (C=O) groups is 3. The first-order valence-corrected chi connectivity index (χ1v) is 13.5. The van der Waals surface area contributed by atoms with E-state index in [1.165, 1.54) is 6.42 Å². The van der Waals surface area contributed by atoms with Crippen LogP contribution in [-0.2, 0) is 23.9 Å². The van der Waals surface area contributed by atoms with Gasteiger partial charge in [-0.3, -0.25) is 14.4 Å². The minimum absolute atomic E-state index is 0.105. The molecule has 1 spiro atoms. The second-order valence-corrected chi connectivity index (χ2v) is 11.1. The zero-order valence-electron chi connectivity index (χ0n) is 20.2. The van der Waals surface area contributed by atoms with Crippen LogP contribution in [0.15, 0.2) is 36.4 Å². The van der Waals surface area contributed by atoms with Crippen molar-refractivity contribution in [2.75, 3.05) is 18.5 Å². The van der Waals surface area contributed by atoms with E-state index in [9.17, 15) is 14.4 Å². The van der Waals surface area contributed by atoms with Crippen molar-refractivity contribution in [2.24, 2.45) is 11.8 Å². The van der Waals surface area contributed by atoms with Crippen LogP contribution in [0, 0.1) is 11.8 Å². The fraction of sp³-hybridized carbons (Fsp3) is 0.593. The molecular formula is C27H32ClN3O5. The molecule has 1 aromatic rings. The summed E-state index contributed by atoms with van der Waals surface area (Å²) in [5, 5.41) is 6.70. The maximum absolute atomic E-state index is 14.0. The van der Waals surface area contributed by atoms with Crippen LogP contribution in [0.4, 0.5) is 5.69 Å². The van der Waals surface area contributed by atoms with Gasteiger partial charge in [0.25, 0.3) is 0 Å². The molecule has 8 nitrogen and oxygen atoms in total. The van der Waals surface area contributed by atoms with Gasteiger partial charge in [0, 0.05) is 29.9 Å². The molecule has 6 rings (SSSR count). The molecule has 9 heteroatoms. The maximum atomic E-state index is 14.0. The minimum Gasteiger partial charge on any atom is -0.376 e. The number of ether oxygens (including phenoxy) is 2. The van der Waals surface area contributed by atoms with Crippen LogP contribution in [-0.4, -0.2) is 65.7 Å². The largest absolute Gasteiger partial charge is 0.376 e. The summed E-state index contributed by atoms with van der Waals surface area (Å²) in [4.78, 5) is 42.8. The zero-order valence-corrected chi connectivity index (χ0v) is 20.9. The van der Waals surface area contributed by atoms with Crippen molar-refractivity contribution in [3.05, 3.63) is 41.4 Å². The Balaban J connectivity index is 1.29. The number of nitrogens with one attached hydrogen (secondary N) is 2. The quantitative estimate of drug-likeness (QED) is 0.570. The van der Waals surface area contributed by atoms with E-state index in [1.807, 2.05) is 12.2 Å². The van der Waals surface area contributed by atoms with Gasteiger partial charge in [0.2, 0.25) is 17.7 Å². The maximum Gasteiger partial charge on any atom is 0.246 e. The van der Waals surface area contributed by atoms with Crippen molar-refractivity contribution in [3.8, 4) is 0 Å². The van der Waals surface area contributed by atoms with Gasteiger partial charge in [-0.15, -0.1) is 0 Å². The van der Waals surface area contributed by atoms with Gasteiger partial charge in [0.15, 0.2) is 0 Å². The van der Waals surface area contributed by atoms with Gasteiger partial charge in [-0.2, -0.15) is 0 Å². The molecule has 192 valence electrons. The summed E-state index contributed by atoms with van der Waals surface area (Å²) in [6.07, 6.45) is 10.1. The van der Waals surface area contributed by atoms with Crippen LogP contribution in [0.25, 0.3) is 0 Å². The summed E-state index contributed by atoms with van der Waals surface area (Å²) < 4.78 is 12.2. The van der Waals surface area contributed by atoms with E-state index >= 15 is 0 Å². The van der Waals surface area contributed by atoms with Crippen molar-refractivity contribution in [1.29, 1.82) is 0 Å². The monoisotopic (exact) mass is 513 g/mol. The summed E-state index contributed by atoms with van der Waals surface area (Å²) in [5.74, 6) is -2.18. The molecule has 4 fully saturated rings. The summed E-state index contributed by atoms with van der Waals surface area (Å²) >= 11 is 5.98. The van der Waals surface area contributed by atoms with E-state index in [0.29, 0.717) is 23.9 Å². The number of hydrogen-bond donors (Lipinski definition) is 2. The van der Waals surface area contributed by atoms with Crippen molar-refractivity contribution in [3.63, 3.8) is 0 Å². The third kappa shape index (κ3) is 4.03. The van der Waals surface area contributed by atoms with Gasteiger partial charge < -0.3 is 25.0 Å². The number of halogens is 1. The molecule has 4 aliphatic heterocycles. The Hall–Kier alpha value is -2.42. The number of nitrogens with zero attached hydrogens (tertiary/aromatic N) is 1. The first-order chi connectivity index (χ1) is 17.5. The smallest absolute Gasteiger partial charge is 0.246 e. The molecule has 5 aliphatic rings. The van der Waals surface area contributed by atoms with E-state index < -0.39 is 29.6 Å². The molecule has 6 atom stereocenters. The highest BCUT2D eigenvalue weighted by molar-refractivity contribution is 6.30. The number of anilines is 1. The molecule has 3 saturated heterocycles. The number of hydrogen-bond acceptors (Lipinski definition) is 5. The summed E-state index contributed by atoms with van der Waals surface area (Å²) in [6.45, 7) is 0.984. The Bertz CT molecular complexity index is 1070. The molecule has 4 heterocycles. The standard InChI is InChI=1S/C27H32ClN3O5/c28-16-8-10-18(11-9-16)29-24(32)21-20-12-13-27(36-20)22(21)26(34)31(15-19-7-4-14-35-19)23(27)25(33)30-17-5-2-1-3-6-17/h8-13,17,19-23H,1-7,14-15H2,(H,29,32)(H,30,33)/t19-,20+,21-,22+,23+,27+/m0/s1. The zero-order chi connectivity index (χ0) is 24.9. The van der Waals surface area contributed by atoms with Gasteiger partial charge in [-0.25, -0.2) is 0 Å². The Labute approximate surface area is 215 Å². The lowest BCUT2D eigenvalue weighted by molar-refractivity contribution is -0.143. The average molecular weight is 514 g/mol. The number of fused-ring (bicyclic) bond motifs is 1. The molecular weight excluding hydrogens is 482 g/mol. The van der Waals surface area contributed by atoms with E-state index in [4.69, 9.17) is 21.1 Å². The van der Waals surface area contributed by atoms with Gasteiger partial charge in [-0.05, 0) is 49.9 Å². The van der Waals surface area contributed by atoms with Gasteiger partial charge in [-0.1, -0.05) is 43.0 Å². The lowest BCUT2D eigenvalue weighted by atomic mass is 9.74. The van der Waals surface area contributed by atoms with Crippen LogP contribution in [0.1, 0.15) is 44.9 Å². The van der Waals surface area contributed by atoms with Crippen molar-refractivity contribution in [2.45, 2.75) is 74.8 Å². The molecule has 1 aliphatic carbocycles. The summed E-state index contributed by atoms with van der Waals surface area (Å²) in [7, 11) is 0. The second kappa shape index (κ2) is 9.47. The number of amides is 3. The molecule has 36 heavy (non-hydrogen) atoms. The van der Waals surface area contributed by atoms with E-state index in [1.54, 1.807) is 29.2 Å². The number of carbonyl (C=O) groups excluding carboxylic acids is 3. The molecule has 2 N–H and O–H groups in total. The molecule has 3 amide bonds. The van der Waals surface area contributed by atoms with Gasteiger partial charge in [0.1, 0.15) is 11.6 Å². The van der Waals surface area contributed by atoms with E-state index in [0.717, 1.165) is 38.5 Å². The molecule has 0 radical (unpaired) electrons. The van der Waals surface area contributed by atoms with E-state index in [-0.39, 0.29) is 29.9 Å². The molecule has 0 unspecified atom stereocenters. The van der Waals surface area contributed by atoms with Crippen molar-refractivity contribution in [1.82, 2.24) is 10.2 Å². The van der Waals surface area contributed by atoms with Crippen LogP contribution >= 0.6 is 11.6 Å². The Morgan fingerprint density at radius 2 is 1.83 bits per heavy atom. The van der Waals surface area contributed by atoms with Crippen LogP contribution < -0.4 is 10.6 Å². The number of rotatable bonds is 6. The van der Waals surface area contributed by atoms with Gasteiger partial charge >= 0.3 is 0 Å².